The molecule has 0 radical (unpaired) electrons. The van der Waals surface area contributed by atoms with Gasteiger partial charge in [0.25, 0.3) is 0 Å². The summed E-state index contributed by atoms with van der Waals surface area (Å²) in [5, 5.41) is 3.88. The molecule has 1 heterocycles. The van der Waals surface area contributed by atoms with Crippen LogP contribution in [0.2, 0.25) is 0 Å². The standard InChI is InChI=1S/C19H22N2O4/c1-4-24-19(23)15-7-5-14(6-8-15)17-10-9-16(25-17)12-20-21-18(22)11-13(2)3/h5-10,12-13H,4,11H2,1-3H3,(H,21,22). The first-order valence-corrected chi connectivity index (χ1v) is 8.19. The van der Waals surface area contributed by atoms with Gasteiger partial charge in [-0.2, -0.15) is 5.10 Å². The van der Waals surface area contributed by atoms with Crippen molar-refractivity contribution >= 4 is 18.1 Å². The Balaban J connectivity index is 1.98. The first-order valence-electron chi connectivity index (χ1n) is 8.19. The second-order valence-electron chi connectivity index (χ2n) is 5.89. The van der Waals surface area contributed by atoms with Crippen molar-refractivity contribution < 1.29 is 18.7 Å². The maximum atomic E-state index is 11.6. The van der Waals surface area contributed by atoms with Crippen LogP contribution in [0.1, 0.15) is 43.3 Å². The minimum absolute atomic E-state index is 0.132. The van der Waals surface area contributed by atoms with E-state index in [-0.39, 0.29) is 17.8 Å². The Kier molecular flexibility index (Phi) is 6.51. The summed E-state index contributed by atoms with van der Waals surface area (Å²) in [6.07, 6.45) is 1.88. The van der Waals surface area contributed by atoms with Crippen LogP contribution < -0.4 is 5.43 Å². The predicted molar refractivity (Wildman–Crippen MR) is 95.3 cm³/mol. The van der Waals surface area contributed by atoms with Gasteiger partial charge in [-0.25, -0.2) is 10.2 Å². The van der Waals surface area contributed by atoms with E-state index in [0.717, 1.165) is 5.56 Å². The Morgan fingerprint density at radius 2 is 1.92 bits per heavy atom. The first-order chi connectivity index (χ1) is 12.0. The van der Waals surface area contributed by atoms with Crippen LogP contribution in [0.3, 0.4) is 0 Å². The van der Waals surface area contributed by atoms with Gasteiger partial charge in [-0.3, -0.25) is 4.79 Å². The highest BCUT2D eigenvalue weighted by Crippen LogP contribution is 2.22. The molecule has 0 saturated heterocycles. The second kappa shape index (κ2) is 8.82. The highest BCUT2D eigenvalue weighted by Gasteiger charge is 2.08. The fraction of sp³-hybridized carbons (Fsp3) is 0.316. The number of ether oxygens (including phenoxy) is 1. The summed E-state index contributed by atoms with van der Waals surface area (Å²) in [7, 11) is 0. The number of rotatable bonds is 7. The number of hydrazone groups is 1. The second-order valence-corrected chi connectivity index (χ2v) is 5.89. The number of furan rings is 1. The van der Waals surface area contributed by atoms with Crippen LogP contribution in [0, 0.1) is 5.92 Å². The Hall–Kier alpha value is -2.89. The monoisotopic (exact) mass is 342 g/mol. The minimum atomic E-state index is -0.349. The van der Waals surface area contributed by atoms with Crippen LogP contribution in [-0.4, -0.2) is 24.7 Å². The van der Waals surface area contributed by atoms with Crippen LogP contribution in [0.15, 0.2) is 45.9 Å². The van der Waals surface area contributed by atoms with Gasteiger partial charge in [-0.05, 0) is 37.1 Å². The summed E-state index contributed by atoms with van der Waals surface area (Å²) in [6, 6.07) is 10.5. The summed E-state index contributed by atoms with van der Waals surface area (Å²) in [5.41, 5.74) is 3.79. The molecule has 1 aromatic carbocycles. The molecule has 6 nitrogen and oxygen atoms in total. The summed E-state index contributed by atoms with van der Waals surface area (Å²) < 4.78 is 10.6. The van der Waals surface area contributed by atoms with Gasteiger partial charge in [-0.15, -0.1) is 0 Å². The zero-order valence-electron chi connectivity index (χ0n) is 14.6. The fourth-order valence-corrected chi connectivity index (χ4v) is 2.15. The van der Waals surface area contributed by atoms with Crippen molar-refractivity contribution in [3.8, 4) is 11.3 Å². The summed E-state index contributed by atoms with van der Waals surface area (Å²) in [5.74, 6) is 0.966. The van der Waals surface area contributed by atoms with Gasteiger partial charge in [0.05, 0.1) is 18.4 Å². The predicted octanol–water partition coefficient (Wildman–Crippen LogP) is 3.62. The molecule has 132 valence electrons. The largest absolute Gasteiger partial charge is 0.462 e. The average Bonchev–Trinajstić information content (AvgIpc) is 3.03. The van der Waals surface area contributed by atoms with Gasteiger partial charge in [-0.1, -0.05) is 26.0 Å². The van der Waals surface area contributed by atoms with Crippen LogP contribution in [-0.2, 0) is 9.53 Å². The lowest BCUT2D eigenvalue weighted by atomic mass is 10.1. The maximum Gasteiger partial charge on any atom is 0.338 e. The average molecular weight is 342 g/mol. The van der Waals surface area contributed by atoms with Crippen molar-refractivity contribution in [1.29, 1.82) is 0 Å². The normalized spacial score (nSPS) is 11.0. The van der Waals surface area contributed by atoms with Crippen molar-refractivity contribution in [3.05, 3.63) is 47.7 Å². The molecule has 2 rings (SSSR count). The lowest BCUT2D eigenvalue weighted by molar-refractivity contribution is -0.121. The Bertz CT molecular complexity index is 745. The van der Waals surface area contributed by atoms with Crippen molar-refractivity contribution in [3.63, 3.8) is 0 Å². The third-order valence-electron chi connectivity index (χ3n) is 3.28. The lowest BCUT2D eigenvalue weighted by Crippen LogP contribution is -2.18. The fourth-order valence-electron chi connectivity index (χ4n) is 2.15. The van der Waals surface area contributed by atoms with E-state index in [4.69, 9.17) is 9.15 Å². The molecule has 0 fully saturated rings. The minimum Gasteiger partial charge on any atom is -0.462 e. The van der Waals surface area contributed by atoms with Gasteiger partial charge in [0.15, 0.2) is 0 Å². The zero-order valence-corrected chi connectivity index (χ0v) is 14.6. The topological polar surface area (TPSA) is 80.9 Å². The number of carbonyl (C=O) groups excluding carboxylic acids is 2. The SMILES string of the molecule is CCOC(=O)c1ccc(-c2ccc(C=NNC(=O)CC(C)C)o2)cc1. The van der Waals surface area contributed by atoms with E-state index in [1.165, 1.54) is 6.21 Å². The molecule has 0 saturated carbocycles. The molecule has 1 N–H and O–H groups in total. The molecule has 2 aromatic rings. The van der Waals surface area contributed by atoms with Gasteiger partial charge in [0.1, 0.15) is 11.5 Å². The van der Waals surface area contributed by atoms with E-state index in [0.29, 0.717) is 30.1 Å². The Morgan fingerprint density at radius 1 is 1.20 bits per heavy atom. The van der Waals surface area contributed by atoms with Gasteiger partial charge >= 0.3 is 5.97 Å². The number of amides is 1. The molecular formula is C19H22N2O4. The van der Waals surface area contributed by atoms with Gasteiger partial charge < -0.3 is 9.15 Å². The molecule has 0 aliphatic heterocycles. The summed E-state index contributed by atoms with van der Waals surface area (Å²) >= 11 is 0. The van der Waals surface area contributed by atoms with E-state index in [2.05, 4.69) is 10.5 Å². The van der Waals surface area contributed by atoms with Crippen molar-refractivity contribution in [2.75, 3.05) is 6.61 Å². The molecule has 6 heteroatoms. The van der Waals surface area contributed by atoms with Crippen LogP contribution in [0.5, 0.6) is 0 Å². The van der Waals surface area contributed by atoms with Crippen LogP contribution in [0.4, 0.5) is 0 Å². The molecule has 25 heavy (non-hydrogen) atoms. The molecule has 0 aliphatic carbocycles. The molecule has 0 spiro atoms. The Morgan fingerprint density at radius 3 is 2.56 bits per heavy atom. The molecule has 0 atom stereocenters. The number of carbonyl (C=O) groups is 2. The first kappa shape index (κ1) is 18.4. The Labute approximate surface area is 146 Å². The highest BCUT2D eigenvalue weighted by molar-refractivity contribution is 5.90. The number of esters is 1. The summed E-state index contributed by atoms with van der Waals surface area (Å²) in [6.45, 7) is 6.04. The van der Waals surface area contributed by atoms with Gasteiger partial charge in [0.2, 0.25) is 5.91 Å². The maximum absolute atomic E-state index is 11.6. The quantitative estimate of drug-likeness (QED) is 0.473. The van der Waals surface area contributed by atoms with Gasteiger partial charge in [0, 0.05) is 12.0 Å². The van der Waals surface area contributed by atoms with Crippen LogP contribution >= 0.6 is 0 Å². The molecule has 0 unspecified atom stereocenters. The van der Waals surface area contributed by atoms with E-state index >= 15 is 0 Å². The van der Waals surface area contributed by atoms with Crippen molar-refractivity contribution in [2.45, 2.75) is 27.2 Å². The smallest absolute Gasteiger partial charge is 0.338 e. The molecule has 0 aliphatic rings. The number of benzene rings is 1. The molecule has 1 amide bonds. The van der Waals surface area contributed by atoms with E-state index < -0.39 is 0 Å². The number of nitrogens with one attached hydrogen (secondary N) is 1. The van der Waals surface area contributed by atoms with E-state index in [1.54, 1.807) is 43.3 Å². The molecular weight excluding hydrogens is 320 g/mol. The summed E-state index contributed by atoms with van der Waals surface area (Å²) in [4.78, 5) is 23.1. The zero-order chi connectivity index (χ0) is 18.2. The third kappa shape index (κ3) is 5.60. The highest BCUT2D eigenvalue weighted by atomic mass is 16.5. The molecule has 1 aromatic heterocycles. The van der Waals surface area contributed by atoms with Crippen LogP contribution in [0.25, 0.3) is 11.3 Å². The van der Waals surface area contributed by atoms with E-state index in [9.17, 15) is 9.59 Å². The third-order valence-corrected chi connectivity index (χ3v) is 3.28. The number of hydrogen-bond acceptors (Lipinski definition) is 5. The van der Waals surface area contributed by atoms with E-state index in [1.807, 2.05) is 13.8 Å². The molecule has 0 bridgehead atoms. The number of hydrogen-bond donors (Lipinski definition) is 1. The lowest BCUT2D eigenvalue weighted by Gasteiger charge is -2.02. The number of nitrogens with zero attached hydrogens (tertiary/aromatic N) is 1. The van der Waals surface area contributed by atoms with Crippen molar-refractivity contribution in [2.24, 2.45) is 11.0 Å². The van der Waals surface area contributed by atoms with Crippen molar-refractivity contribution in [1.82, 2.24) is 5.43 Å².